The van der Waals surface area contributed by atoms with Gasteiger partial charge in [-0.2, -0.15) is 0 Å². The van der Waals surface area contributed by atoms with Gasteiger partial charge in [0.1, 0.15) is 34.4 Å². The number of aromatic nitrogens is 1. The molecule has 3 saturated heterocycles. The number of fused-ring (bicyclic) bond motifs is 4. The average Bonchev–Trinajstić information content (AvgIpc) is 3.15. The first-order valence-electron chi connectivity index (χ1n) is 19.6. The standard InChI is InChI=1S/C43H54F2N3O5.BrH/c1-4-46(34-24-32(44)23-33(45)25-34)43(50)40-30-47(35-26-37(51-5-2)28-38(27-35)52-6-3)41-29-36(13-14-39(41)42(40)49)53-22-12-10-8-7-9-11-18-48-19-15-31(16-20-48)17-21-48;/h13-14,23-31H,4-12,15-22H2,1-3H3;1H/q+1;/p-1. The highest BCUT2D eigenvalue weighted by atomic mass is 79.9. The van der Waals surface area contributed by atoms with E-state index in [2.05, 4.69) is 0 Å². The molecule has 3 aromatic carbocycles. The molecule has 292 valence electrons. The van der Waals surface area contributed by atoms with E-state index < -0.39 is 23.0 Å². The van der Waals surface area contributed by atoms with Crippen molar-refractivity contribution in [2.45, 2.75) is 78.6 Å². The van der Waals surface area contributed by atoms with Crippen LogP contribution in [0.2, 0.25) is 0 Å². The van der Waals surface area contributed by atoms with Crippen LogP contribution < -0.4 is 41.5 Å². The molecule has 0 unspecified atom stereocenters. The van der Waals surface area contributed by atoms with Crippen molar-refractivity contribution in [2.75, 3.05) is 57.4 Å². The van der Waals surface area contributed by atoms with Gasteiger partial charge in [-0.15, -0.1) is 0 Å². The number of benzene rings is 3. The molecule has 0 atom stereocenters. The lowest BCUT2D eigenvalue weighted by Crippen LogP contribution is -3.00. The second-order valence-corrected chi connectivity index (χ2v) is 14.6. The lowest BCUT2D eigenvalue weighted by atomic mass is 9.85. The van der Waals surface area contributed by atoms with E-state index in [9.17, 15) is 18.4 Å². The van der Waals surface area contributed by atoms with Gasteiger partial charge in [0.05, 0.1) is 57.2 Å². The first-order valence-corrected chi connectivity index (χ1v) is 19.6. The van der Waals surface area contributed by atoms with Crippen LogP contribution in [0.5, 0.6) is 17.2 Å². The van der Waals surface area contributed by atoms with E-state index in [1.54, 1.807) is 29.7 Å². The van der Waals surface area contributed by atoms with E-state index in [1.165, 1.54) is 86.7 Å². The molecule has 0 spiro atoms. The summed E-state index contributed by atoms with van der Waals surface area (Å²) < 4.78 is 49.4. The zero-order valence-electron chi connectivity index (χ0n) is 31.9. The minimum absolute atomic E-state index is 0. The SMILES string of the molecule is CCOc1cc(OCC)cc(-n2cc(C(=O)N(CC)c3cc(F)cc(F)c3)c(=O)c3ccc(OCCCCCCCC[N+]45CCC(CC4)CC5)cc32)c1.[Br-]. The molecular weight excluding hydrogens is 756 g/mol. The monoisotopic (exact) mass is 809 g/mol. The lowest BCUT2D eigenvalue weighted by Gasteiger charge is -2.49. The van der Waals surface area contributed by atoms with Gasteiger partial charge in [0.2, 0.25) is 5.43 Å². The third-order valence-corrected chi connectivity index (χ3v) is 11.0. The number of hydrogen-bond acceptors (Lipinski definition) is 5. The predicted molar refractivity (Wildman–Crippen MR) is 206 cm³/mol. The molecule has 2 bridgehead atoms. The molecule has 3 aliphatic heterocycles. The Morgan fingerprint density at radius 3 is 2.00 bits per heavy atom. The summed E-state index contributed by atoms with van der Waals surface area (Å²) in [7, 11) is 0. The topological polar surface area (TPSA) is 70.0 Å². The van der Waals surface area contributed by atoms with Crippen molar-refractivity contribution in [3.8, 4) is 22.9 Å². The Labute approximate surface area is 328 Å². The van der Waals surface area contributed by atoms with Crippen molar-refractivity contribution in [3.63, 3.8) is 0 Å². The number of quaternary nitrogens is 1. The Kier molecular flexibility index (Phi) is 14.6. The van der Waals surface area contributed by atoms with Gasteiger partial charge in [-0.05, 0) is 89.5 Å². The Morgan fingerprint density at radius 1 is 0.778 bits per heavy atom. The van der Waals surface area contributed by atoms with Gasteiger partial charge in [0, 0.05) is 54.1 Å². The molecular formula is C43H54BrF2N3O5. The number of amides is 1. The Balaban J connectivity index is 0.00000561. The van der Waals surface area contributed by atoms with Crippen LogP contribution in [0.3, 0.4) is 0 Å². The average molecular weight is 811 g/mol. The largest absolute Gasteiger partial charge is 1.00 e. The lowest BCUT2D eigenvalue weighted by molar-refractivity contribution is -0.942. The first-order chi connectivity index (χ1) is 25.7. The Hall–Kier alpha value is -3.96. The number of rotatable bonds is 18. The molecule has 1 amide bonds. The van der Waals surface area contributed by atoms with Crippen molar-refractivity contribution in [3.05, 3.63) is 88.2 Å². The number of nitrogens with zero attached hydrogens (tertiary/aromatic N) is 3. The molecule has 4 heterocycles. The molecule has 54 heavy (non-hydrogen) atoms. The van der Waals surface area contributed by atoms with E-state index in [4.69, 9.17) is 14.2 Å². The molecule has 11 heteroatoms. The number of hydrogen-bond donors (Lipinski definition) is 0. The number of ether oxygens (including phenoxy) is 3. The molecule has 1 aromatic heterocycles. The molecule has 0 N–H and O–H groups in total. The van der Waals surface area contributed by atoms with E-state index in [0.717, 1.165) is 37.0 Å². The van der Waals surface area contributed by atoms with E-state index >= 15 is 0 Å². The van der Waals surface area contributed by atoms with Crippen molar-refractivity contribution in [2.24, 2.45) is 5.92 Å². The summed E-state index contributed by atoms with van der Waals surface area (Å²) >= 11 is 0. The van der Waals surface area contributed by atoms with Gasteiger partial charge in [-0.25, -0.2) is 8.78 Å². The fourth-order valence-corrected chi connectivity index (χ4v) is 8.16. The van der Waals surface area contributed by atoms with Crippen molar-refractivity contribution in [1.82, 2.24) is 4.57 Å². The van der Waals surface area contributed by atoms with Gasteiger partial charge in [0.25, 0.3) is 5.91 Å². The van der Waals surface area contributed by atoms with Crippen LogP contribution in [0, 0.1) is 17.6 Å². The van der Waals surface area contributed by atoms with E-state index in [0.29, 0.717) is 53.7 Å². The second-order valence-electron chi connectivity index (χ2n) is 14.6. The van der Waals surface area contributed by atoms with Crippen LogP contribution in [0.1, 0.15) is 88.9 Å². The quantitative estimate of drug-likeness (QED) is 0.0901. The predicted octanol–water partition coefficient (Wildman–Crippen LogP) is 6.09. The van der Waals surface area contributed by atoms with Crippen molar-refractivity contribution >= 4 is 22.5 Å². The fraction of sp³-hybridized carbons (Fsp3) is 0.488. The second kappa shape index (κ2) is 19.1. The molecule has 3 fully saturated rings. The third kappa shape index (κ3) is 9.82. The number of anilines is 1. The van der Waals surface area contributed by atoms with Crippen LogP contribution >= 0.6 is 0 Å². The van der Waals surface area contributed by atoms with E-state index in [1.807, 2.05) is 32.0 Å². The highest BCUT2D eigenvalue weighted by Gasteiger charge is 2.38. The number of halogens is 3. The minimum atomic E-state index is -0.818. The maximum Gasteiger partial charge on any atom is 0.263 e. The van der Waals surface area contributed by atoms with Crippen LogP contribution in [0.4, 0.5) is 14.5 Å². The van der Waals surface area contributed by atoms with Gasteiger partial charge < -0.3 is 45.1 Å². The molecule has 8 nitrogen and oxygen atoms in total. The van der Waals surface area contributed by atoms with Gasteiger partial charge in [0.15, 0.2) is 0 Å². The molecule has 0 saturated carbocycles. The third-order valence-electron chi connectivity index (χ3n) is 11.0. The maximum atomic E-state index is 14.2. The number of unbranched alkanes of at least 4 members (excludes halogenated alkanes) is 5. The molecule has 3 aliphatic rings. The van der Waals surface area contributed by atoms with Crippen LogP contribution in [0.25, 0.3) is 16.6 Å². The molecule has 7 rings (SSSR count). The number of pyridine rings is 1. The summed E-state index contributed by atoms with van der Waals surface area (Å²) in [6.07, 6.45) is 12.9. The summed E-state index contributed by atoms with van der Waals surface area (Å²) in [6.45, 7) is 12.5. The number of carbonyl (C=O) groups excluding carboxylic acids is 1. The molecule has 4 aromatic rings. The Morgan fingerprint density at radius 2 is 1.39 bits per heavy atom. The van der Waals surface area contributed by atoms with Crippen LogP contribution in [-0.4, -0.2) is 67.5 Å². The number of carbonyl (C=O) groups is 1. The molecule has 0 aliphatic carbocycles. The highest BCUT2D eigenvalue weighted by molar-refractivity contribution is 6.07. The van der Waals surface area contributed by atoms with Gasteiger partial charge in [-0.3, -0.25) is 9.59 Å². The first kappa shape index (κ1) is 41.2. The summed E-state index contributed by atoms with van der Waals surface area (Å²) in [5.74, 6) is 0.427. The summed E-state index contributed by atoms with van der Waals surface area (Å²) in [4.78, 5) is 29.2. The summed E-state index contributed by atoms with van der Waals surface area (Å²) in [5, 5.41) is 0.295. The number of piperidine rings is 3. The summed E-state index contributed by atoms with van der Waals surface area (Å²) in [6, 6.07) is 13.6. The van der Waals surface area contributed by atoms with Crippen molar-refractivity contribution < 1.29 is 49.3 Å². The maximum absolute atomic E-state index is 14.2. The zero-order chi connectivity index (χ0) is 37.4. The van der Waals surface area contributed by atoms with E-state index in [-0.39, 0.29) is 34.8 Å². The fourth-order valence-electron chi connectivity index (χ4n) is 8.16. The van der Waals surface area contributed by atoms with Gasteiger partial charge >= 0.3 is 0 Å². The Bertz CT molecular complexity index is 1890. The van der Waals surface area contributed by atoms with Crippen LogP contribution in [0.15, 0.2) is 65.6 Å². The minimum Gasteiger partial charge on any atom is -1.00 e. The normalized spacial score (nSPS) is 17.6. The van der Waals surface area contributed by atoms with Crippen molar-refractivity contribution in [1.29, 1.82) is 0 Å². The zero-order valence-corrected chi connectivity index (χ0v) is 33.5. The highest BCUT2D eigenvalue weighted by Crippen LogP contribution is 2.34. The van der Waals surface area contributed by atoms with Gasteiger partial charge in [-0.1, -0.05) is 19.3 Å². The van der Waals surface area contributed by atoms with Crippen LogP contribution in [-0.2, 0) is 0 Å². The molecule has 0 radical (unpaired) electrons. The smallest absolute Gasteiger partial charge is 0.263 e. The summed E-state index contributed by atoms with van der Waals surface area (Å²) in [5.41, 5.74) is 0.507.